The van der Waals surface area contributed by atoms with Crippen LogP contribution in [0.3, 0.4) is 0 Å². The van der Waals surface area contributed by atoms with Gasteiger partial charge in [0.2, 0.25) is 0 Å². The number of nitrogens with one attached hydrogen (secondary N) is 1. The van der Waals surface area contributed by atoms with Crippen LogP contribution in [-0.2, 0) is 6.42 Å². The van der Waals surface area contributed by atoms with Crippen molar-refractivity contribution in [3.63, 3.8) is 0 Å². The molecule has 0 bridgehead atoms. The van der Waals surface area contributed by atoms with Crippen molar-refractivity contribution in [1.82, 2.24) is 10.2 Å². The summed E-state index contributed by atoms with van der Waals surface area (Å²) in [5, 5.41) is 3.35. The van der Waals surface area contributed by atoms with Crippen LogP contribution < -0.4 is 5.32 Å². The first-order chi connectivity index (χ1) is 8.25. The second-order valence-electron chi connectivity index (χ2n) is 4.95. The molecule has 0 radical (unpaired) electrons. The maximum absolute atomic E-state index is 13.5. The summed E-state index contributed by atoms with van der Waals surface area (Å²) in [6.07, 6.45) is 0.830. The average molecular weight is 236 g/mol. The van der Waals surface area contributed by atoms with Gasteiger partial charge in [-0.3, -0.25) is 0 Å². The SMILES string of the molecule is CC(Cc1ccccc1F)CN1CCNCC1. The summed E-state index contributed by atoms with van der Waals surface area (Å²) in [6.45, 7) is 7.65. The summed E-state index contributed by atoms with van der Waals surface area (Å²) < 4.78 is 13.5. The van der Waals surface area contributed by atoms with E-state index in [4.69, 9.17) is 0 Å². The number of nitrogens with zero attached hydrogens (tertiary/aromatic N) is 1. The zero-order valence-electron chi connectivity index (χ0n) is 10.5. The molecule has 1 N–H and O–H groups in total. The molecule has 2 nitrogen and oxygen atoms in total. The Labute approximate surface area is 103 Å². The Kier molecular flexibility index (Phi) is 4.51. The van der Waals surface area contributed by atoms with Crippen LogP contribution in [0.5, 0.6) is 0 Å². The van der Waals surface area contributed by atoms with Gasteiger partial charge in [-0.2, -0.15) is 0 Å². The van der Waals surface area contributed by atoms with Gasteiger partial charge in [0.1, 0.15) is 5.82 Å². The molecule has 0 aromatic heterocycles. The van der Waals surface area contributed by atoms with Crippen LogP contribution in [-0.4, -0.2) is 37.6 Å². The van der Waals surface area contributed by atoms with Crippen molar-refractivity contribution in [2.24, 2.45) is 5.92 Å². The van der Waals surface area contributed by atoms with E-state index in [0.29, 0.717) is 5.92 Å². The van der Waals surface area contributed by atoms with Crippen molar-refractivity contribution in [2.45, 2.75) is 13.3 Å². The Balaban J connectivity index is 1.84. The normalized spacial score (nSPS) is 19.2. The highest BCUT2D eigenvalue weighted by Crippen LogP contribution is 2.13. The molecule has 0 spiro atoms. The van der Waals surface area contributed by atoms with Gasteiger partial charge < -0.3 is 10.2 Å². The molecular formula is C14H21FN2. The zero-order valence-corrected chi connectivity index (χ0v) is 10.5. The molecular weight excluding hydrogens is 215 g/mol. The Morgan fingerprint density at radius 2 is 2.00 bits per heavy atom. The summed E-state index contributed by atoms with van der Waals surface area (Å²) in [4.78, 5) is 2.46. The maximum Gasteiger partial charge on any atom is 0.126 e. The predicted molar refractivity (Wildman–Crippen MR) is 68.6 cm³/mol. The highest BCUT2D eigenvalue weighted by atomic mass is 19.1. The standard InChI is InChI=1S/C14H21FN2/c1-12(11-17-8-6-16-7-9-17)10-13-4-2-3-5-14(13)15/h2-5,12,16H,6-11H2,1H3. The van der Waals surface area contributed by atoms with Crippen LogP contribution >= 0.6 is 0 Å². The first-order valence-corrected chi connectivity index (χ1v) is 6.42. The number of benzene rings is 1. The molecule has 1 heterocycles. The lowest BCUT2D eigenvalue weighted by atomic mass is 10.00. The lowest BCUT2D eigenvalue weighted by Gasteiger charge is -2.29. The van der Waals surface area contributed by atoms with Gasteiger partial charge in [0, 0.05) is 32.7 Å². The van der Waals surface area contributed by atoms with Crippen LogP contribution in [0.15, 0.2) is 24.3 Å². The van der Waals surface area contributed by atoms with Gasteiger partial charge in [-0.15, -0.1) is 0 Å². The van der Waals surface area contributed by atoms with E-state index in [-0.39, 0.29) is 5.82 Å². The molecule has 1 fully saturated rings. The highest BCUT2D eigenvalue weighted by Gasteiger charge is 2.14. The van der Waals surface area contributed by atoms with E-state index in [2.05, 4.69) is 17.1 Å². The maximum atomic E-state index is 13.5. The molecule has 94 valence electrons. The van der Waals surface area contributed by atoms with Gasteiger partial charge in [0.25, 0.3) is 0 Å². The third kappa shape index (κ3) is 3.79. The number of rotatable bonds is 4. The van der Waals surface area contributed by atoms with Gasteiger partial charge in [-0.1, -0.05) is 25.1 Å². The van der Waals surface area contributed by atoms with E-state index in [1.807, 2.05) is 12.1 Å². The summed E-state index contributed by atoms with van der Waals surface area (Å²) in [6, 6.07) is 7.10. The minimum atomic E-state index is -0.0698. The minimum Gasteiger partial charge on any atom is -0.314 e. The first-order valence-electron chi connectivity index (χ1n) is 6.42. The molecule has 1 aliphatic heterocycles. The Bertz CT molecular complexity index is 348. The van der Waals surface area contributed by atoms with E-state index in [1.165, 1.54) is 0 Å². The second kappa shape index (κ2) is 6.12. The molecule has 0 saturated carbocycles. The fraction of sp³-hybridized carbons (Fsp3) is 0.571. The molecule has 17 heavy (non-hydrogen) atoms. The number of halogens is 1. The van der Waals surface area contributed by atoms with Crippen molar-refractivity contribution in [2.75, 3.05) is 32.7 Å². The first kappa shape index (κ1) is 12.5. The van der Waals surface area contributed by atoms with Crippen LogP contribution in [0.25, 0.3) is 0 Å². The van der Waals surface area contributed by atoms with E-state index in [1.54, 1.807) is 12.1 Å². The molecule has 0 amide bonds. The number of hydrogen-bond acceptors (Lipinski definition) is 2. The second-order valence-corrected chi connectivity index (χ2v) is 4.95. The summed E-state index contributed by atoms with van der Waals surface area (Å²) in [5.41, 5.74) is 0.843. The molecule has 1 saturated heterocycles. The van der Waals surface area contributed by atoms with Crippen molar-refractivity contribution in [1.29, 1.82) is 0 Å². The molecule has 1 unspecified atom stereocenters. The van der Waals surface area contributed by atoms with Crippen LogP contribution in [0, 0.1) is 11.7 Å². The fourth-order valence-electron chi connectivity index (χ4n) is 2.44. The van der Waals surface area contributed by atoms with Crippen LogP contribution in [0.4, 0.5) is 4.39 Å². The molecule has 1 aromatic carbocycles. The monoisotopic (exact) mass is 236 g/mol. The fourth-order valence-corrected chi connectivity index (χ4v) is 2.44. The summed E-state index contributed by atoms with van der Waals surface area (Å²) in [7, 11) is 0. The molecule has 2 rings (SSSR count). The third-order valence-corrected chi connectivity index (χ3v) is 3.31. The Hall–Kier alpha value is -0.930. The van der Waals surface area contributed by atoms with Gasteiger partial charge in [-0.05, 0) is 24.0 Å². The highest BCUT2D eigenvalue weighted by molar-refractivity contribution is 5.17. The number of piperazine rings is 1. The Morgan fingerprint density at radius 3 is 2.71 bits per heavy atom. The quantitative estimate of drug-likeness (QED) is 0.859. The number of hydrogen-bond donors (Lipinski definition) is 1. The van der Waals surface area contributed by atoms with Gasteiger partial charge in [0.05, 0.1) is 0 Å². The van der Waals surface area contributed by atoms with Crippen LogP contribution in [0.1, 0.15) is 12.5 Å². The molecule has 0 aliphatic carbocycles. The predicted octanol–water partition coefficient (Wildman–Crippen LogP) is 1.91. The minimum absolute atomic E-state index is 0.0698. The average Bonchev–Trinajstić information content (AvgIpc) is 2.33. The van der Waals surface area contributed by atoms with Crippen molar-refractivity contribution < 1.29 is 4.39 Å². The smallest absolute Gasteiger partial charge is 0.126 e. The topological polar surface area (TPSA) is 15.3 Å². The Morgan fingerprint density at radius 1 is 1.29 bits per heavy atom. The molecule has 1 aromatic rings. The molecule has 1 aliphatic rings. The largest absolute Gasteiger partial charge is 0.314 e. The van der Waals surface area contributed by atoms with Crippen molar-refractivity contribution in [3.8, 4) is 0 Å². The lowest BCUT2D eigenvalue weighted by molar-refractivity contribution is 0.210. The summed E-state index contributed by atoms with van der Waals surface area (Å²) >= 11 is 0. The molecule has 3 heteroatoms. The van der Waals surface area contributed by atoms with Crippen molar-refractivity contribution >= 4 is 0 Å². The zero-order chi connectivity index (χ0) is 12.1. The van der Waals surface area contributed by atoms with E-state index in [9.17, 15) is 4.39 Å². The van der Waals surface area contributed by atoms with Crippen molar-refractivity contribution in [3.05, 3.63) is 35.6 Å². The van der Waals surface area contributed by atoms with Gasteiger partial charge in [0.15, 0.2) is 0 Å². The van der Waals surface area contributed by atoms with Crippen LogP contribution in [0.2, 0.25) is 0 Å². The van der Waals surface area contributed by atoms with E-state index < -0.39 is 0 Å². The van der Waals surface area contributed by atoms with Gasteiger partial charge >= 0.3 is 0 Å². The van der Waals surface area contributed by atoms with E-state index >= 15 is 0 Å². The molecule has 1 atom stereocenters. The van der Waals surface area contributed by atoms with E-state index in [0.717, 1.165) is 44.7 Å². The third-order valence-electron chi connectivity index (χ3n) is 3.31. The van der Waals surface area contributed by atoms with Gasteiger partial charge in [-0.25, -0.2) is 4.39 Å². The summed E-state index contributed by atoms with van der Waals surface area (Å²) in [5.74, 6) is 0.435. The lowest BCUT2D eigenvalue weighted by Crippen LogP contribution is -2.45.